The van der Waals surface area contributed by atoms with Crippen LogP contribution in [-0.4, -0.2) is 12.5 Å². The molecule has 1 aromatic carbocycles. The highest BCUT2D eigenvalue weighted by atomic mass is 127. The van der Waals surface area contributed by atoms with Gasteiger partial charge in [-0.25, -0.2) is 0 Å². The molecular weight excluding hydrogens is 324 g/mol. The molecule has 0 bridgehead atoms. The first kappa shape index (κ1) is 14.5. The Balaban J connectivity index is 0.00000196. The number of hydrogen-bond acceptors (Lipinski definition) is 1. The van der Waals surface area contributed by atoms with Gasteiger partial charge in [0.15, 0.2) is 5.96 Å². The van der Waals surface area contributed by atoms with Gasteiger partial charge in [-0.2, -0.15) is 0 Å². The molecule has 0 aliphatic carbocycles. The number of nitrogens with zero attached hydrogens (tertiary/aromatic N) is 1. The minimum Gasteiger partial charge on any atom is -0.370 e. The third-order valence-corrected chi connectivity index (χ3v) is 2.23. The van der Waals surface area contributed by atoms with E-state index in [1.54, 1.807) is 0 Å². The summed E-state index contributed by atoms with van der Waals surface area (Å²) >= 11 is 5.98. The Morgan fingerprint density at radius 3 is 2.53 bits per heavy atom. The molecule has 0 fully saturated rings. The fourth-order valence-electron chi connectivity index (χ4n) is 1.18. The molecule has 5 heteroatoms. The molecule has 0 aliphatic rings. The van der Waals surface area contributed by atoms with Crippen LogP contribution in [0.2, 0.25) is 5.02 Å². The summed E-state index contributed by atoms with van der Waals surface area (Å²) in [5.41, 5.74) is 11.5. The Bertz CT molecular complexity index is 324. The maximum Gasteiger partial charge on any atom is 0.185 e. The van der Waals surface area contributed by atoms with Gasteiger partial charge >= 0.3 is 0 Å². The van der Waals surface area contributed by atoms with Crippen molar-refractivity contribution in [3.05, 3.63) is 34.9 Å². The van der Waals surface area contributed by atoms with E-state index in [2.05, 4.69) is 4.99 Å². The van der Waals surface area contributed by atoms with Crippen molar-refractivity contribution in [2.24, 2.45) is 16.5 Å². The normalized spacial score (nSPS) is 9.13. The molecule has 0 aromatic heterocycles. The zero-order valence-corrected chi connectivity index (χ0v) is 11.4. The lowest BCUT2D eigenvalue weighted by molar-refractivity contribution is 0.831. The third-order valence-electron chi connectivity index (χ3n) is 1.86. The fraction of sp³-hybridized carbons (Fsp3) is 0.300. The highest BCUT2D eigenvalue weighted by Crippen LogP contribution is 2.16. The Kier molecular flexibility index (Phi) is 7.50. The van der Waals surface area contributed by atoms with Crippen molar-refractivity contribution in [1.82, 2.24) is 0 Å². The predicted molar refractivity (Wildman–Crippen MR) is 75.9 cm³/mol. The number of benzene rings is 1. The lowest BCUT2D eigenvalue weighted by Gasteiger charge is -2.01. The van der Waals surface area contributed by atoms with Gasteiger partial charge in [-0.15, -0.1) is 24.0 Å². The Hall–Kier alpha value is -0.490. The van der Waals surface area contributed by atoms with Crippen LogP contribution >= 0.6 is 35.6 Å². The van der Waals surface area contributed by atoms with Crippen molar-refractivity contribution in [3.8, 4) is 0 Å². The largest absolute Gasteiger partial charge is 0.370 e. The number of hydrogen-bond donors (Lipinski definition) is 2. The molecule has 15 heavy (non-hydrogen) atoms. The number of aliphatic imine (C=N–C) groups is 1. The summed E-state index contributed by atoms with van der Waals surface area (Å²) in [7, 11) is 0. The molecule has 1 rings (SSSR count). The highest BCUT2D eigenvalue weighted by Gasteiger charge is 1.97. The maximum absolute atomic E-state index is 5.98. The van der Waals surface area contributed by atoms with Crippen molar-refractivity contribution in [1.29, 1.82) is 0 Å². The molecule has 0 atom stereocenters. The van der Waals surface area contributed by atoms with Crippen LogP contribution in [0.5, 0.6) is 0 Å². The molecule has 3 nitrogen and oxygen atoms in total. The molecule has 0 unspecified atom stereocenters. The first-order valence-corrected chi connectivity index (χ1v) is 4.87. The average Bonchev–Trinajstić information content (AvgIpc) is 2.15. The van der Waals surface area contributed by atoms with E-state index < -0.39 is 0 Å². The molecule has 0 amide bonds. The number of aryl methyl sites for hydroxylation is 1. The van der Waals surface area contributed by atoms with E-state index in [1.165, 1.54) is 0 Å². The Morgan fingerprint density at radius 2 is 1.93 bits per heavy atom. The lowest BCUT2D eigenvalue weighted by atomic mass is 10.1. The Labute approximate surface area is 112 Å². The van der Waals surface area contributed by atoms with Crippen LogP contribution in [0.4, 0.5) is 0 Å². The van der Waals surface area contributed by atoms with Gasteiger partial charge in [-0.05, 0) is 24.5 Å². The van der Waals surface area contributed by atoms with Crippen LogP contribution in [0, 0.1) is 0 Å². The molecule has 0 heterocycles. The van der Waals surface area contributed by atoms with Crippen LogP contribution in [0.1, 0.15) is 12.0 Å². The maximum atomic E-state index is 5.98. The molecule has 0 aliphatic heterocycles. The first-order valence-electron chi connectivity index (χ1n) is 4.49. The monoisotopic (exact) mass is 339 g/mol. The van der Waals surface area contributed by atoms with Crippen molar-refractivity contribution >= 4 is 41.5 Å². The molecule has 0 spiro atoms. The predicted octanol–water partition coefficient (Wildman–Crippen LogP) is 2.16. The highest BCUT2D eigenvalue weighted by molar-refractivity contribution is 14.0. The summed E-state index contributed by atoms with van der Waals surface area (Å²) in [5.74, 6) is 0.143. The third kappa shape index (κ3) is 5.84. The zero-order chi connectivity index (χ0) is 10.4. The van der Waals surface area contributed by atoms with Crippen LogP contribution in [-0.2, 0) is 6.42 Å². The number of nitrogens with two attached hydrogens (primary N) is 2. The van der Waals surface area contributed by atoms with Gasteiger partial charge in [0.2, 0.25) is 0 Å². The van der Waals surface area contributed by atoms with Crippen molar-refractivity contribution < 1.29 is 0 Å². The summed E-state index contributed by atoms with van der Waals surface area (Å²) in [5, 5.41) is 0.803. The van der Waals surface area contributed by atoms with Gasteiger partial charge in [-0.3, -0.25) is 4.99 Å². The zero-order valence-electron chi connectivity index (χ0n) is 8.32. The van der Waals surface area contributed by atoms with E-state index >= 15 is 0 Å². The second-order valence-corrected chi connectivity index (χ2v) is 3.41. The van der Waals surface area contributed by atoms with Crippen molar-refractivity contribution in [3.63, 3.8) is 0 Å². The Morgan fingerprint density at radius 1 is 1.27 bits per heavy atom. The van der Waals surface area contributed by atoms with Gasteiger partial charge in [0.05, 0.1) is 0 Å². The number of halogens is 2. The quantitative estimate of drug-likeness (QED) is 0.382. The van der Waals surface area contributed by atoms with Gasteiger partial charge in [0.25, 0.3) is 0 Å². The number of rotatable bonds is 4. The molecular formula is C10H15ClIN3. The van der Waals surface area contributed by atoms with E-state index in [9.17, 15) is 0 Å². The fourth-order valence-corrected chi connectivity index (χ4v) is 1.41. The van der Waals surface area contributed by atoms with Gasteiger partial charge in [0, 0.05) is 11.6 Å². The molecule has 84 valence electrons. The summed E-state index contributed by atoms with van der Waals surface area (Å²) in [6, 6.07) is 7.79. The minimum atomic E-state index is 0. The lowest BCUT2D eigenvalue weighted by Crippen LogP contribution is -2.23. The van der Waals surface area contributed by atoms with Crippen molar-refractivity contribution in [2.45, 2.75) is 12.8 Å². The van der Waals surface area contributed by atoms with Gasteiger partial charge in [-0.1, -0.05) is 29.8 Å². The van der Waals surface area contributed by atoms with Crippen molar-refractivity contribution in [2.75, 3.05) is 6.54 Å². The van der Waals surface area contributed by atoms with E-state index in [0.717, 1.165) is 23.4 Å². The van der Waals surface area contributed by atoms with Gasteiger partial charge in [0.1, 0.15) is 0 Å². The van der Waals surface area contributed by atoms with Gasteiger partial charge < -0.3 is 11.5 Å². The van der Waals surface area contributed by atoms with Crippen LogP contribution in [0.3, 0.4) is 0 Å². The first-order chi connectivity index (χ1) is 6.70. The molecule has 0 saturated carbocycles. The second-order valence-electron chi connectivity index (χ2n) is 3.00. The van der Waals surface area contributed by atoms with E-state index in [0.29, 0.717) is 6.54 Å². The van der Waals surface area contributed by atoms with Crippen LogP contribution in [0.15, 0.2) is 29.3 Å². The second kappa shape index (κ2) is 7.76. The minimum absolute atomic E-state index is 0. The summed E-state index contributed by atoms with van der Waals surface area (Å²) in [6.45, 7) is 0.646. The van der Waals surface area contributed by atoms with E-state index in [1.807, 2.05) is 24.3 Å². The summed E-state index contributed by atoms with van der Waals surface area (Å²) in [4.78, 5) is 3.90. The van der Waals surface area contributed by atoms with Crippen LogP contribution < -0.4 is 11.5 Å². The average molecular weight is 340 g/mol. The molecule has 1 aromatic rings. The van der Waals surface area contributed by atoms with Crippen LogP contribution in [0.25, 0.3) is 0 Å². The smallest absolute Gasteiger partial charge is 0.185 e. The van der Waals surface area contributed by atoms with E-state index in [-0.39, 0.29) is 29.9 Å². The molecule has 4 N–H and O–H groups in total. The molecule has 0 radical (unpaired) electrons. The van der Waals surface area contributed by atoms with E-state index in [4.69, 9.17) is 23.1 Å². The SMILES string of the molecule is I.NC(N)=NCCCc1ccccc1Cl. The summed E-state index contributed by atoms with van der Waals surface area (Å²) in [6.07, 6.45) is 1.80. The summed E-state index contributed by atoms with van der Waals surface area (Å²) < 4.78 is 0. The standard InChI is InChI=1S/C10H14ClN3.HI/c11-9-6-2-1-4-8(9)5-3-7-14-10(12)13;/h1-2,4,6H,3,5,7H2,(H4,12,13,14);1H. The molecule has 0 saturated heterocycles. The topological polar surface area (TPSA) is 64.4 Å². The number of guanidine groups is 1.